The van der Waals surface area contributed by atoms with E-state index in [-0.39, 0.29) is 11.3 Å². The summed E-state index contributed by atoms with van der Waals surface area (Å²) in [6.45, 7) is 6.41. The molecule has 1 amide bonds. The van der Waals surface area contributed by atoms with Gasteiger partial charge in [-0.25, -0.2) is 0 Å². The molecule has 0 spiro atoms. The number of likely N-dealkylation sites (N-methyl/N-ethyl adjacent to an activating group) is 1. The Labute approximate surface area is 111 Å². The minimum absolute atomic E-state index is 0.168. The van der Waals surface area contributed by atoms with Crippen molar-refractivity contribution < 1.29 is 4.79 Å². The van der Waals surface area contributed by atoms with Gasteiger partial charge in [0.1, 0.15) is 0 Å². The largest absolute Gasteiger partial charge is 0.354 e. The molecule has 0 radical (unpaired) electrons. The van der Waals surface area contributed by atoms with E-state index < -0.39 is 0 Å². The standard InChI is InChI=1S/C14H29N3O/c1-12(2)17(3)10-9-16-13(18)14(11-15)7-5-4-6-8-14/h12H,4-11,15H2,1-3H3,(H,16,18). The van der Waals surface area contributed by atoms with Gasteiger partial charge in [-0.15, -0.1) is 0 Å². The van der Waals surface area contributed by atoms with Gasteiger partial charge in [0.15, 0.2) is 0 Å². The first kappa shape index (κ1) is 15.4. The quantitative estimate of drug-likeness (QED) is 0.753. The Bertz CT molecular complexity index is 260. The van der Waals surface area contributed by atoms with Crippen LogP contribution in [0, 0.1) is 5.41 Å². The van der Waals surface area contributed by atoms with Crippen molar-refractivity contribution in [1.29, 1.82) is 0 Å². The summed E-state index contributed by atoms with van der Waals surface area (Å²) in [6.07, 6.45) is 5.42. The van der Waals surface area contributed by atoms with E-state index in [0.717, 1.165) is 38.8 Å². The molecule has 1 aliphatic rings. The molecule has 1 rings (SSSR count). The first-order valence-corrected chi connectivity index (χ1v) is 7.20. The molecule has 0 aromatic heterocycles. The lowest BCUT2D eigenvalue weighted by molar-refractivity contribution is -0.132. The van der Waals surface area contributed by atoms with Crippen LogP contribution in [0.2, 0.25) is 0 Å². The molecule has 0 saturated heterocycles. The molecule has 0 aromatic rings. The first-order valence-electron chi connectivity index (χ1n) is 7.20. The molecule has 4 nitrogen and oxygen atoms in total. The van der Waals surface area contributed by atoms with Crippen molar-refractivity contribution >= 4 is 5.91 Å². The normalized spacial score (nSPS) is 19.2. The van der Waals surface area contributed by atoms with Crippen LogP contribution in [0.5, 0.6) is 0 Å². The smallest absolute Gasteiger partial charge is 0.227 e. The van der Waals surface area contributed by atoms with E-state index in [4.69, 9.17) is 5.73 Å². The molecule has 0 bridgehead atoms. The number of amides is 1. The Morgan fingerprint density at radius 2 is 1.94 bits per heavy atom. The highest BCUT2D eigenvalue weighted by atomic mass is 16.2. The van der Waals surface area contributed by atoms with Crippen LogP contribution >= 0.6 is 0 Å². The Kier molecular flexibility index (Phi) is 6.09. The zero-order valence-electron chi connectivity index (χ0n) is 12.2. The topological polar surface area (TPSA) is 58.4 Å². The predicted molar refractivity (Wildman–Crippen MR) is 75.3 cm³/mol. The second-order valence-electron chi connectivity index (χ2n) is 5.88. The van der Waals surface area contributed by atoms with Crippen molar-refractivity contribution in [2.24, 2.45) is 11.1 Å². The minimum atomic E-state index is -0.283. The van der Waals surface area contributed by atoms with Crippen LogP contribution in [-0.4, -0.2) is 43.5 Å². The van der Waals surface area contributed by atoms with Crippen LogP contribution in [0.3, 0.4) is 0 Å². The van der Waals surface area contributed by atoms with Crippen LogP contribution < -0.4 is 11.1 Å². The Morgan fingerprint density at radius 1 is 1.33 bits per heavy atom. The van der Waals surface area contributed by atoms with Gasteiger partial charge < -0.3 is 16.0 Å². The van der Waals surface area contributed by atoms with Gasteiger partial charge in [0, 0.05) is 25.7 Å². The first-order chi connectivity index (χ1) is 8.52. The van der Waals surface area contributed by atoms with Crippen molar-refractivity contribution in [3.63, 3.8) is 0 Å². The van der Waals surface area contributed by atoms with Gasteiger partial charge in [0.05, 0.1) is 5.41 Å². The molecule has 1 fully saturated rings. The average Bonchev–Trinajstić information content (AvgIpc) is 2.39. The molecule has 0 aromatic carbocycles. The number of nitrogens with one attached hydrogen (secondary N) is 1. The van der Waals surface area contributed by atoms with Gasteiger partial charge in [0.25, 0.3) is 0 Å². The third kappa shape index (κ3) is 3.95. The maximum Gasteiger partial charge on any atom is 0.227 e. The van der Waals surface area contributed by atoms with Gasteiger partial charge in [-0.3, -0.25) is 4.79 Å². The van der Waals surface area contributed by atoms with Crippen LogP contribution in [0.25, 0.3) is 0 Å². The summed E-state index contributed by atoms with van der Waals surface area (Å²) in [5.74, 6) is 0.168. The maximum atomic E-state index is 12.3. The molecule has 0 aliphatic heterocycles. The van der Waals surface area contributed by atoms with Gasteiger partial charge in [-0.2, -0.15) is 0 Å². The summed E-state index contributed by atoms with van der Waals surface area (Å²) in [5.41, 5.74) is 5.56. The fraction of sp³-hybridized carbons (Fsp3) is 0.929. The fourth-order valence-corrected chi connectivity index (χ4v) is 2.54. The summed E-state index contributed by atoms with van der Waals surface area (Å²) >= 11 is 0. The average molecular weight is 255 g/mol. The highest BCUT2D eigenvalue weighted by Crippen LogP contribution is 2.35. The van der Waals surface area contributed by atoms with Crippen LogP contribution in [-0.2, 0) is 4.79 Å². The third-order valence-electron chi connectivity index (χ3n) is 4.31. The van der Waals surface area contributed by atoms with E-state index in [9.17, 15) is 4.79 Å². The van der Waals surface area contributed by atoms with Gasteiger partial charge in [0.2, 0.25) is 5.91 Å². The molecule has 4 heteroatoms. The van der Waals surface area contributed by atoms with E-state index >= 15 is 0 Å². The predicted octanol–water partition coefficient (Wildman–Crippen LogP) is 1.35. The zero-order valence-corrected chi connectivity index (χ0v) is 12.2. The number of nitrogens with two attached hydrogens (primary N) is 1. The molecule has 18 heavy (non-hydrogen) atoms. The van der Waals surface area contributed by atoms with Crippen LogP contribution in [0.15, 0.2) is 0 Å². The summed E-state index contributed by atoms with van der Waals surface area (Å²) in [4.78, 5) is 14.5. The van der Waals surface area contributed by atoms with Crippen molar-refractivity contribution in [2.75, 3.05) is 26.7 Å². The Morgan fingerprint density at radius 3 is 2.44 bits per heavy atom. The lowest BCUT2D eigenvalue weighted by Crippen LogP contribution is -2.48. The highest BCUT2D eigenvalue weighted by Gasteiger charge is 2.37. The molecule has 106 valence electrons. The number of hydrogen-bond donors (Lipinski definition) is 2. The number of hydrogen-bond acceptors (Lipinski definition) is 3. The highest BCUT2D eigenvalue weighted by molar-refractivity contribution is 5.83. The number of carbonyl (C=O) groups is 1. The van der Waals surface area contributed by atoms with E-state index in [1.807, 2.05) is 0 Å². The fourth-order valence-electron chi connectivity index (χ4n) is 2.54. The van der Waals surface area contributed by atoms with Crippen molar-refractivity contribution in [3.8, 4) is 0 Å². The molecule has 1 aliphatic carbocycles. The number of carbonyl (C=O) groups excluding carboxylic acids is 1. The van der Waals surface area contributed by atoms with E-state index in [1.54, 1.807) is 0 Å². The Balaban J connectivity index is 2.38. The summed E-state index contributed by atoms with van der Waals surface area (Å²) in [5, 5.41) is 3.07. The minimum Gasteiger partial charge on any atom is -0.354 e. The number of rotatable bonds is 6. The van der Waals surface area contributed by atoms with Gasteiger partial charge >= 0.3 is 0 Å². The number of nitrogens with zero attached hydrogens (tertiary/aromatic N) is 1. The van der Waals surface area contributed by atoms with Crippen LogP contribution in [0.1, 0.15) is 46.0 Å². The monoisotopic (exact) mass is 255 g/mol. The maximum absolute atomic E-state index is 12.3. The third-order valence-corrected chi connectivity index (χ3v) is 4.31. The Hall–Kier alpha value is -0.610. The van der Waals surface area contributed by atoms with Gasteiger partial charge in [-0.1, -0.05) is 19.3 Å². The second kappa shape index (κ2) is 7.10. The SMILES string of the molecule is CC(C)N(C)CCNC(=O)C1(CN)CCCCC1. The summed E-state index contributed by atoms with van der Waals surface area (Å²) in [7, 11) is 2.08. The second-order valence-corrected chi connectivity index (χ2v) is 5.88. The molecular weight excluding hydrogens is 226 g/mol. The van der Waals surface area contributed by atoms with E-state index in [2.05, 4.69) is 31.1 Å². The molecule has 0 unspecified atom stereocenters. The van der Waals surface area contributed by atoms with Crippen LogP contribution in [0.4, 0.5) is 0 Å². The van der Waals surface area contributed by atoms with Gasteiger partial charge in [-0.05, 0) is 33.7 Å². The van der Waals surface area contributed by atoms with E-state index in [1.165, 1.54) is 6.42 Å². The lowest BCUT2D eigenvalue weighted by atomic mass is 9.73. The molecule has 0 heterocycles. The molecule has 1 saturated carbocycles. The zero-order chi connectivity index (χ0) is 13.6. The van der Waals surface area contributed by atoms with Crippen molar-refractivity contribution in [2.45, 2.75) is 52.0 Å². The van der Waals surface area contributed by atoms with Crippen molar-refractivity contribution in [3.05, 3.63) is 0 Å². The summed E-state index contributed by atoms with van der Waals surface area (Å²) in [6, 6.07) is 0.514. The molecular formula is C14H29N3O. The molecule has 3 N–H and O–H groups in total. The lowest BCUT2D eigenvalue weighted by Gasteiger charge is -2.35. The summed E-state index contributed by atoms with van der Waals surface area (Å²) < 4.78 is 0. The van der Waals surface area contributed by atoms with E-state index in [0.29, 0.717) is 12.6 Å². The van der Waals surface area contributed by atoms with Crippen molar-refractivity contribution in [1.82, 2.24) is 10.2 Å². The molecule has 0 atom stereocenters.